The van der Waals surface area contributed by atoms with Crippen LogP contribution in [0.25, 0.3) is 0 Å². The number of hydrogen-bond acceptors (Lipinski definition) is 4. The van der Waals surface area contributed by atoms with Gasteiger partial charge in [-0.1, -0.05) is 12.1 Å². The number of nitrogens with one attached hydrogen (secondary N) is 1. The van der Waals surface area contributed by atoms with Crippen molar-refractivity contribution in [1.29, 1.82) is 0 Å². The van der Waals surface area contributed by atoms with E-state index in [1.165, 1.54) is 13.1 Å². The van der Waals surface area contributed by atoms with E-state index >= 15 is 0 Å². The molecule has 0 aliphatic carbocycles. The van der Waals surface area contributed by atoms with E-state index in [2.05, 4.69) is 10.4 Å². The fourth-order valence-electron chi connectivity index (χ4n) is 1.83. The smallest absolute Gasteiger partial charge is 0.271 e. The molecule has 1 aromatic rings. The van der Waals surface area contributed by atoms with E-state index in [9.17, 15) is 14.4 Å². The first-order chi connectivity index (χ1) is 9.49. The number of carbonyl (C=O) groups is 3. The van der Waals surface area contributed by atoms with Gasteiger partial charge < -0.3 is 11.1 Å². The Morgan fingerprint density at radius 3 is 2.65 bits per heavy atom. The summed E-state index contributed by atoms with van der Waals surface area (Å²) in [6.45, 7) is 0. The van der Waals surface area contributed by atoms with Crippen molar-refractivity contribution in [1.82, 2.24) is 5.01 Å². The van der Waals surface area contributed by atoms with Crippen molar-refractivity contribution < 1.29 is 14.4 Å². The Bertz CT molecular complexity index is 609. The normalized spacial score (nSPS) is 14.8. The minimum Gasteiger partial charge on any atom is -0.366 e. The van der Waals surface area contributed by atoms with Crippen molar-refractivity contribution in [3.8, 4) is 0 Å². The molecule has 7 nitrogen and oxygen atoms in total. The summed E-state index contributed by atoms with van der Waals surface area (Å²) in [5.74, 6) is -1.21. The third-order valence-electron chi connectivity index (χ3n) is 2.91. The number of primary amides is 1. The highest BCUT2D eigenvalue weighted by Gasteiger charge is 2.22. The largest absolute Gasteiger partial charge is 0.366 e. The zero-order valence-electron chi connectivity index (χ0n) is 10.9. The van der Waals surface area contributed by atoms with Crippen LogP contribution in [0.3, 0.4) is 0 Å². The number of anilines is 1. The van der Waals surface area contributed by atoms with Gasteiger partial charge in [0.2, 0.25) is 5.91 Å². The third-order valence-corrected chi connectivity index (χ3v) is 2.91. The lowest BCUT2D eigenvalue weighted by atomic mass is 10.1. The predicted octanol–water partition coefficient (Wildman–Crippen LogP) is 0.332. The van der Waals surface area contributed by atoms with Crippen LogP contribution in [0.2, 0.25) is 0 Å². The number of hydrogen-bond donors (Lipinski definition) is 2. The third kappa shape index (κ3) is 2.82. The quantitative estimate of drug-likeness (QED) is 0.829. The van der Waals surface area contributed by atoms with Crippen molar-refractivity contribution >= 4 is 29.1 Å². The molecule has 0 unspecified atom stereocenters. The van der Waals surface area contributed by atoms with Gasteiger partial charge >= 0.3 is 0 Å². The van der Waals surface area contributed by atoms with Crippen LogP contribution in [0.1, 0.15) is 23.2 Å². The zero-order chi connectivity index (χ0) is 14.7. The van der Waals surface area contributed by atoms with Gasteiger partial charge in [-0.3, -0.25) is 14.4 Å². The van der Waals surface area contributed by atoms with Crippen molar-refractivity contribution in [3.63, 3.8) is 0 Å². The first-order valence-electron chi connectivity index (χ1n) is 6.03. The van der Waals surface area contributed by atoms with Crippen LogP contribution in [0.15, 0.2) is 29.4 Å². The number of carbonyl (C=O) groups excluding carboxylic acids is 3. The van der Waals surface area contributed by atoms with Crippen LogP contribution in [0.4, 0.5) is 5.69 Å². The van der Waals surface area contributed by atoms with Gasteiger partial charge in [0.25, 0.3) is 11.8 Å². The van der Waals surface area contributed by atoms with Crippen molar-refractivity contribution in [2.75, 3.05) is 12.4 Å². The molecule has 0 saturated carbocycles. The summed E-state index contributed by atoms with van der Waals surface area (Å²) in [6.07, 6.45) is 0.508. The minimum atomic E-state index is -0.626. The van der Waals surface area contributed by atoms with Crippen molar-refractivity contribution in [2.24, 2.45) is 10.8 Å². The summed E-state index contributed by atoms with van der Waals surface area (Å²) in [5.41, 5.74) is 6.03. The number of para-hydroxylation sites is 1. The van der Waals surface area contributed by atoms with Gasteiger partial charge in [-0.05, 0) is 12.1 Å². The Labute approximate surface area is 115 Å². The summed E-state index contributed by atoms with van der Waals surface area (Å²) in [4.78, 5) is 34.6. The molecule has 3 N–H and O–H groups in total. The number of nitrogens with two attached hydrogens (primary N) is 1. The number of hydrazone groups is 1. The standard InChI is InChI=1S/C13H14N4O3/c1-17-11(18)7-6-10(16-17)13(20)15-9-5-3-2-4-8(9)12(14)19/h2-5H,6-7H2,1H3,(H2,14,19)(H,15,20). The van der Waals surface area contributed by atoms with Gasteiger partial charge in [-0.25, -0.2) is 5.01 Å². The highest BCUT2D eigenvalue weighted by Crippen LogP contribution is 2.15. The van der Waals surface area contributed by atoms with Gasteiger partial charge in [0.05, 0.1) is 11.3 Å². The highest BCUT2D eigenvalue weighted by molar-refractivity contribution is 6.43. The van der Waals surface area contributed by atoms with Crippen molar-refractivity contribution in [3.05, 3.63) is 29.8 Å². The molecule has 7 heteroatoms. The molecule has 1 heterocycles. The summed E-state index contributed by atoms with van der Waals surface area (Å²) >= 11 is 0. The number of benzene rings is 1. The molecule has 1 aromatic carbocycles. The minimum absolute atomic E-state index is 0.140. The van der Waals surface area contributed by atoms with Crippen LogP contribution in [-0.2, 0) is 9.59 Å². The Morgan fingerprint density at radius 1 is 1.30 bits per heavy atom. The van der Waals surface area contributed by atoms with Crippen LogP contribution in [-0.4, -0.2) is 35.5 Å². The molecule has 0 bridgehead atoms. The van der Waals surface area contributed by atoms with Gasteiger partial charge in [-0.2, -0.15) is 5.10 Å². The number of nitrogens with zero attached hydrogens (tertiary/aromatic N) is 2. The maximum absolute atomic E-state index is 12.1. The Balaban J connectivity index is 2.19. The van der Waals surface area contributed by atoms with E-state index in [-0.39, 0.29) is 30.0 Å². The monoisotopic (exact) mass is 274 g/mol. The van der Waals surface area contributed by atoms with Crippen LogP contribution >= 0.6 is 0 Å². The SMILES string of the molecule is CN1N=C(C(=O)Nc2ccccc2C(N)=O)CCC1=O. The molecule has 0 fully saturated rings. The van der Waals surface area contributed by atoms with E-state index in [4.69, 9.17) is 5.73 Å². The topological polar surface area (TPSA) is 105 Å². The average molecular weight is 274 g/mol. The molecule has 1 aliphatic heterocycles. The van der Waals surface area contributed by atoms with Crippen molar-refractivity contribution in [2.45, 2.75) is 12.8 Å². The summed E-state index contributed by atoms with van der Waals surface area (Å²) < 4.78 is 0. The molecule has 3 amide bonds. The predicted molar refractivity (Wildman–Crippen MR) is 73.0 cm³/mol. The van der Waals surface area contributed by atoms with Crippen LogP contribution in [0.5, 0.6) is 0 Å². The Hall–Kier alpha value is -2.70. The molecule has 0 saturated heterocycles. The van der Waals surface area contributed by atoms with E-state index < -0.39 is 11.8 Å². The maximum Gasteiger partial charge on any atom is 0.271 e. The maximum atomic E-state index is 12.1. The van der Waals surface area contributed by atoms with E-state index in [1.807, 2.05) is 0 Å². The fraction of sp³-hybridized carbons (Fsp3) is 0.231. The lowest BCUT2D eigenvalue weighted by Crippen LogP contribution is -2.34. The second-order valence-corrected chi connectivity index (χ2v) is 4.33. The average Bonchev–Trinajstić information content (AvgIpc) is 2.42. The molecule has 0 atom stereocenters. The second kappa shape index (κ2) is 5.52. The molecule has 0 aromatic heterocycles. The molecule has 104 valence electrons. The lowest BCUT2D eigenvalue weighted by Gasteiger charge is -2.19. The molecular weight excluding hydrogens is 260 g/mol. The molecule has 2 rings (SSSR count). The lowest BCUT2D eigenvalue weighted by molar-refractivity contribution is -0.130. The van der Waals surface area contributed by atoms with E-state index in [0.717, 1.165) is 5.01 Å². The van der Waals surface area contributed by atoms with Gasteiger partial charge in [0.15, 0.2) is 0 Å². The van der Waals surface area contributed by atoms with Gasteiger partial charge in [0, 0.05) is 19.9 Å². The second-order valence-electron chi connectivity index (χ2n) is 4.33. The summed E-state index contributed by atoms with van der Waals surface area (Å²) in [5, 5.41) is 7.63. The molecule has 1 aliphatic rings. The summed E-state index contributed by atoms with van der Waals surface area (Å²) in [6, 6.07) is 6.44. The summed E-state index contributed by atoms with van der Waals surface area (Å²) in [7, 11) is 1.49. The number of amides is 3. The Morgan fingerprint density at radius 2 is 2.00 bits per heavy atom. The fourth-order valence-corrected chi connectivity index (χ4v) is 1.83. The highest BCUT2D eigenvalue weighted by atomic mass is 16.2. The van der Waals surface area contributed by atoms with Gasteiger partial charge in [-0.15, -0.1) is 0 Å². The van der Waals surface area contributed by atoms with Gasteiger partial charge in [0.1, 0.15) is 5.71 Å². The molecular formula is C13H14N4O3. The van der Waals surface area contributed by atoms with E-state index in [1.54, 1.807) is 18.2 Å². The van der Waals surface area contributed by atoms with E-state index in [0.29, 0.717) is 5.69 Å². The Kier molecular flexibility index (Phi) is 3.79. The first kappa shape index (κ1) is 13.7. The number of rotatable bonds is 3. The van der Waals surface area contributed by atoms with Crippen LogP contribution < -0.4 is 11.1 Å². The van der Waals surface area contributed by atoms with Crippen LogP contribution in [0, 0.1) is 0 Å². The molecule has 0 spiro atoms. The molecule has 0 radical (unpaired) electrons. The zero-order valence-corrected chi connectivity index (χ0v) is 10.9. The first-order valence-corrected chi connectivity index (χ1v) is 6.03. The molecule has 20 heavy (non-hydrogen) atoms.